The molecule has 0 aliphatic carbocycles. The minimum Gasteiger partial charge on any atom is -0.313 e. The molecule has 0 fully saturated rings. The number of nitrogens with zero attached hydrogens (tertiary/aromatic N) is 1. The summed E-state index contributed by atoms with van der Waals surface area (Å²) in [5.41, 5.74) is 0.741. The van der Waals surface area contributed by atoms with E-state index in [1.54, 1.807) is 17.0 Å². The average molecular weight is 274 g/mol. The van der Waals surface area contributed by atoms with Crippen molar-refractivity contribution in [3.63, 3.8) is 0 Å². The fraction of sp³-hybridized carbons (Fsp3) is 0.364. The first-order chi connectivity index (χ1) is 7.19. The molecule has 4 heteroatoms. The van der Waals surface area contributed by atoms with Gasteiger partial charge in [-0.3, -0.25) is 4.79 Å². The first-order valence-corrected chi connectivity index (χ1v) is 5.93. The van der Waals surface area contributed by atoms with Crippen molar-refractivity contribution >= 4 is 27.5 Å². The molecule has 1 aromatic rings. The van der Waals surface area contributed by atoms with Gasteiger partial charge in [-0.2, -0.15) is 0 Å². The average Bonchev–Trinajstić information content (AvgIpc) is 2.22. The zero-order chi connectivity index (χ0) is 11.3. The Kier molecular flexibility index (Phi) is 4.75. The lowest BCUT2D eigenvalue weighted by molar-refractivity contribution is -0.118. The van der Waals surface area contributed by atoms with Crippen LogP contribution in [0.1, 0.15) is 13.3 Å². The lowest BCUT2D eigenvalue weighted by Crippen LogP contribution is -2.30. The molecule has 0 radical (unpaired) electrons. The van der Waals surface area contributed by atoms with Crippen LogP contribution in [0, 0.1) is 5.82 Å². The van der Waals surface area contributed by atoms with Gasteiger partial charge in [-0.05, 0) is 31.2 Å². The minimum absolute atomic E-state index is 0.0426. The molecule has 0 N–H and O–H groups in total. The van der Waals surface area contributed by atoms with Gasteiger partial charge in [-0.15, -0.1) is 0 Å². The van der Waals surface area contributed by atoms with E-state index in [0.717, 1.165) is 5.69 Å². The Bertz CT molecular complexity index is 326. The summed E-state index contributed by atoms with van der Waals surface area (Å²) < 4.78 is 12.7. The van der Waals surface area contributed by atoms with Crippen molar-refractivity contribution in [3.8, 4) is 0 Å². The largest absolute Gasteiger partial charge is 0.313 e. The molecule has 0 spiro atoms. The lowest BCUT2D eigenvalue weighted by Gasteiger charge is -2.20. The molecule has 1 rings (SSSR count). The zero-order valence-electron chi connectivity index (χ0n) is 8.54. The number of alkyl halides is 1. The summed E-state index contributed by atoms with van der Waals surface area (Å²) >= 11 is 3.22. The summed E-state index contributed by atoms with van der Waals surface area (Å²) in [6.07, 6.45) is 0.450. The van der Waals surface area contributed by atoms with Crippen molar-refractivity contribution in [3.05, 3.63) is 30.1 Å². The summed E-state index contributed by atoms with van der Waals surface area (Å²) in [6.45, 7) is 2.49. The van der Waals surface area contributed by atoms with E-state index in [2.05, 4.69) is 15.9 Å². The van der Waals surface area contributed by atoms with Crippen LogP contribution in [0.5, 0.6) is 0 Å². The van der Waals surface area contributed by atoms with Gasteiger partial charge in [0, 0.05) is 24.0 Å². The van der Waals surface area contributed by atoms with Gasteiger partial charge in [0.15, 0.2) is 0 Å². The molecule has 0 bridgehead atoms. The van der Waals surface area contributed by atoms with Gasteiger partial charge >= 0.3 is 0 Å². The molecule has 0 atom stereocenters. The van der Waals surface area contributed by atoms with Crippen molar-refractivity contribution in [2.75, 3.05) is 16.8 Å². The molecule has 0 aliphatic heterocycles. The summed E-state index contributed by atoms with van der Waals surface area (Å²) in [4.78, 5) is 13.3. The smallest absolute Gasteiger partial charge is 0.227 e. The topological polar surface area (TPSA) is 20.3 Å². The number of carbonyl (C=O) groups excluding carboxylic acids is 1. The van der Waals surface area contributed by atoms with E-state index in [1.165, 1.54) is 12.1 Å². The summed E-state index contributed by atoms with van der Waals surface area (Å²) in [5, 5.41) is 0.642. The number of hydrogen-bond acceptors (Lipinski definition) is 1. The van der Waals surface area contributed by atoms with E-state index in [4.69, 9.17) is 0 Å². The highest BCUT2D eigenvalue weighted by Crippen LogP contribution is 2.15. The second-order valence-corrected chi connectivity index (χ2v) is 3.85. The first-order valence-electron chi connectivity index (χ1n) is 4.81. The Balaban J connectivity index is 2.82. The maximum absolute atomic E-state index is 12.7. The third kappa shape index (κ3) is 3.30. The second-order valence-electron chi connectivity index (χ2n) is 3.05. The Morgan fingerprint density at radius 2 is 2.00 bits per heavy atom. The van der Waals surface area contributed by atoms with Crippen LogP contribution in [-0.4, -0.2) is 17.8 Å². The van der Waals surface area contributed by atoms with Crippen LogP contribution in [0.2, 0.25) is 0 Å². The van der Waals surface area contributed by atoms with Crippen LogP contribution in [-0.2, 0) is 4.79 Å². The minimum atomic E-state index is -0.289. The molecule has 0 unspecified atom stereocenters. The van der Waals surface area contributed by atoms with E-state index >= 15 is 0 Å². The zero-order valence-corrected chi connectivity index (χ0v) is 10.1. The van der Waals surface area contributed by atoms with E-state index in [0.29, 0.717) is 18.3 Å². The number of halogens is 2. The Morgan fingerprint density at radius 1 is 1.40 bits per heavy atom. The Morgan fingerprint density at radius 3 is 2.47 bits per heavy atom. The molecule has 2 nitrogen and oxygen atoms in total. The third-order valence-corrected chi connectivity index (χ3v) is 2.46. The second kappa shape index (κ2) is 5.85. The van der Waals surface area contributed by atoms with Gasteiger partial charge in [0.2, 0.25) is 5.91 Å². The van der Waals surface area contributed by atoms with E-state index in [-0.39, 0.29) is 11.7 Å². The van der Waals surface area contributed by atoms with Gasteiger partial charge in [0.05, 0.1) is 0 Å². The highest BCUT2D eigenvalue weighted by atomic mass is 79.9. The SMILES string of the molecule is CCN(C(=O)CCBr)c1ccc(F)cc1. The van der Waals surface area contributed by atoms with Crippen LogP contribution < -0.4 is 4.90 Å². The van der Waals surface area contributed by atoms with Gasteiger partial charge in [0.25, 0.3) is 0 Å². The molecule has 15 heavy (non-hydrogen) atoms. The van der Waals surface area contributed by atoms with Gasteiger partial charge in [-0.25, -0.2) is 4.39 Å². The molecular formula is C11H13BrFNO. The number of amides is 1. The fourth-order valence-corrected chi connectivity index (χ4v) is 1.68. The summed E-state index contributed by atoms with van der Waals surface area (Å²) in [6, 6.07) is 5.95. The van der Waals surface area contributed by atoms with Crippen molar-refractivity contribution < 1.29 is 9.18 Å². The highest BCUT2D eigenvalue weighted by Gasteiger charge is 2.12. The molecule has 1 amide bonds. The molecule has 0 aromatic heterocycles. The monoisotopic (exact) mass is 273 g/mol. The van der Waals surface area contributed by atoms with Crippen molar-refractivity contribution in [1.29, 1.82) is 0 Å². The van der Waals surface area contributed by atoms with E-state index in [9.17, 15) is 9.18 Å². The van der Waals surface area contributed by atoms with Crippen LogP contribution in [0.25, 0.3) is 0 Å². The number of carbonyl (C=O) groups is 1. The maximum Gasteiger partial charge on any atom is 0.227 e. The Labute approximate surface area is 97.2 Å². The molecule has 0 saturated heterocycles. The molecule has 0 aliphatic rings. The standard InChI is InChI=1S/C11H13BrFNO/c1-2-14(11(15)7-8-12)10-5-3-9(13)4-6-10/h3-6H,2,7-8H2,1H3. The maximum atomic E-state index is 12.7. The first kappa shape index (κ1) is 12.2. The van der Waals surface area contributed by atoms with Crippen LogP contribution in [0.4, 0.5) is 10.1 Å². The van der Waals surface area contributed by atoms with Crippen molar-refractivity contribution in [2.45, 2.75) is 13.3 Å². The quantitative estimate of drug-likeness (QED) is 0.773. The molecule has 0 saturated carbocycles. The number of hydrogen-bond donors (Lipinski definition) is 0. The molecule has 0 heterocycles. The summed E-state index contributed by atoms with van der Waals surface area (Å²) in [5.74, 6) is -0.247. The number of anilines is 1. The molecular weight excluding hydrogens is 261 g/mol. The lowest BCUT2D eigenvalue weighted by atomic mass is 10.2. The van der Waals surface area contributed by atoms with Crippen molar-refractivity contribution in [1.82, 2.24) is 0 Å². The van der Waals surface area contributed by atoms with Crippen LogP contribution in [0.15, 0.2) is 24.3 Å². The fourth-order valence-electron chi connectivity index (χ4n) is 1.34. The summed E-state index contributed by atoms with van der Waals surface area (Å²) in [7, 11) is 0. The van der Waals surface area contributed by atoms with Crippen LogP contribution in [0.3, 0.4) is 0 Å². The highest BCUT2D eigenvalue weighted by molar-refractivity contribution is 9.09. The van der Waals surface area contributed by atoms with Gasteiger partial charge in [-0.1, -0.05) is 15.9 Å². The van der Waals surface area contributed by atoms with E-state index < -0.39 is 0 Å². The number of rotatable bonds is 4. The molecule has 82 valence electrons. The normalized spacial score (nSPS) is 10.1. The molecule has 1 aromatic carbocycles. The predicted molar refractivity (Wildman–Crippen MR) is 62.8 cm³/mol. The van der Waals surface area contributed by atoms with Gasteiger partial charge < -0.3 is 4.90 Å². The van der Waals surface area contributed by atoms with Crippen LogP contribution >= 0.6 is 15.9 Å². The predicted octanol–water partition coefficient (Wildman–Crippen LogP) is 2.96. The van der Waals surface area contributed by atoms with E-state index in [1.807, 2.05) is 6.92 Å². The Hall–Kier alpha value is -0.900. The van der Waals surface area contributed by atoms with Gasteiger partial charge in [0.1, 0.15) is 5.82 Å². The number of benzene rings is 1. The van der Waals surface area contributed by atoms with Crippen molar-refractivity contribution in [2.24, 2.45) is 0 Å². The third-order valence-electron chi connectivity index (χ3n) is 2.06.